The number of aliphatic hydroxyl groups is 1. The summed E-state index contributed by atoms with van der Waals surface area (Å²) in [4.78, 5) is 10.9. The van der Waals surface area contributed by atoms with Crippen molar-refractivity contribution in [2.45, 2.75) is 12.8 Å². The van der Waals surface area contributed by atoms with Gasteiger partial charge in [0.15, 0.2) is 6.29 Å². The molecule has 0 aliphatic rings. The predicted octanol–water partition coefficient (Wildman–Crippen LogP) is 2.68. The monoisotopic (exact) mass is 274 g/mol. The maximum absolute atomic E-state index is 12.1. The van der Waals surface area contributed by atoms with Crippen LogP contribution < -0.4 is 4.74 Å². The van der Waals surface area contributed by atoms with Crippen molar-refractivity contribution in [3.05, 3.63) is 29.5 Å². The molecule has 0 saturated carbocycles. The molecule has 1 heterocycles. The van der Waals surface area contributed by atoms with Gasteiger partial charge in [0.05, 0.1) is 12.2 Å². The van der Waals surface area contributed by atoms with Gasteiger partial charge in [-0.2, -0.15) is 0 Å². The molecule has 0 unspecified atom stereocenters. The highest BCUT2D eigenvalue weighted by molar-refractivity contribution is 5.96. The fraction of sp³-hybridized carbons (Fsp3) is 0.250. The number of hydrogen-bond donors (Lipinski definition) is 1. The molecule has 102 valence electrons. The van der Waals surface area contributed by atoms with E-state index in [0.29, 0.717) is 17.4 Å². The molecule has 0 atom stereocenters. The second-order valence-electron chi connectivity index (χ2n) is 3.78. The van der Waals surface area contributed by atoms with Crippen molar-refractivity contribution < 1.29 is 32.2 Å². The molecule has 19 heavy (non-hydrogen) atoms. The molecule has 1 aromatic heterocycles. The van der Waals surface area contributed by atoms with Crippen molar-refractivity contribution in [2.24, 2.45) is 0 Å². The van der Waals surface area contributed by atoms with Gasteiger partial charge < -0.3 is 14.3 Å². The third-order valence-electron chi connectivity index (χ3n) is 2.39. The zero-order valence-electron chi connectivity index (χ0n) is 9.53. The summed E-state index contributed by atoms with van der Waals surface area (Å²) in [7, 11) is 0. The van der Waals surface area contributed by atoms with Gasteiger partial charge in [0.25, 0.3) is 0 Å². The van der Waals surface area contributed by atoms with Crippen LogP contribution in [0.2, 0.25) is 0 Å². The van der Waals surface area contributed by atoms with Crippen molar-refractivity contribution >= 4 is 17.3 Å². The third-order valence-corrected chi connectivity index (χ3v) is 2.39. The summed E-state index contributed by atoms with van der Waals surface area (Å²) in [6, 6.07) is 3.54. The summed E-state index contributed by atoms with van der Waals surface area (Å²) in [5.74, 6) is -0.108. The number of aliphatic hydroxyl groups excluding tert-OH is 1. The van der Waals surface area contributed by atoms with E-state index < -0.39 is 12.1 Å². The Kier molecular flexibility index (Phi) is 3.48. The molecule has 1 N–H and O–H groups in total. The van der Waals surface area contributed by atoms with Crippen LogP contribution >= 0.6 is 0 Å². The van der Waals surface area contributed by atoms with Gasteiger partial charge in [-0.25, -0.2) is 0 Å². The lowest BCUT2D eigenvalue weighted by atomic mass is 10.1. The Morgan fingerprint density at radius 2 is 2.05 bits per heavy atom. The Bertz CT molecular complexity index is 601. The van der Waals surface area contributed by atoms with Crippen LogP contribution in [0.4, 0.5) is 13.2 Å². The van der Waals surface area contributed by atoms with Crippen LogP contribution in [0.3, 0.4) is 0 Å². The van der Waals surface area contributed by atoms with E-state index in [-0.39, 0.29) is 24.2 Å². The number of hydrogen-bond acceptors (Lipinski definition) is 4. The van der Waals surface area contributed by atoms with Crippen molar-refractivity contribution in [1.29, 1.82) is 0 Å². The summed E-state index contributed by atoms with van der Waals surface area (Å²) in [6.45, 7) is -0.165. The molecule has 0 radical (unpaired) electrons. The van der Waals surface area contributed by atoms with E-state index in [1.165, 1.54) is 6.07 Å². The topological polar surface area (TPSA) is 59.7 Å². The first-order valence-corrected chi connectivity index (χ1v) is 5.31. The molecule has 0 aliphatic heterocycles. The first kappa shape index (κ1) is 13.4. The lowest BCUT2D eigenvalue weighted by Crippen LogP contribution is -2.17. The Hall–Kier alpha value is -2.02. The molecule has 2 rings (SSSR count). The van der Waals surface area contributed by atoms with Crippen molar-refractivity contribution in [1.82, 2.24) is 0 Å². The van der Waals surface area contributed by atoms with E-state index in [0.717, 1.165) is 12.1 Å². The molecule has 4 nitrogen and oxygen atoms in total. The minimum Gasteiger partial charge on any atom is -0.460 e. The third kappa shape index (κ3) is 3.05. The van der Waals surface area contributed by atoms with Gasteiger partial charge in [-0.15, -0.1) is 13.2 Å². The van der Waals surface area contributed by atoms with Crippen molar-refractivity contribution in [3.63, 3.8) is 0 Å². The van der Waals surface area contributed by atoms with E-state index in [4.69, 9.17) is 9.52 Å². The number of aldehydes is 1. The van der Waals surface area contributed by atoms with Crippen LogP contribution in [0.15, 0.2) is 22.6 Å². The predicted molar refractivity (Wildman–Crippen MR) is 59.1 cm³/mol. The van der Waals surface area contributed by atoms with Gasteiger partial charge in [0.1, 0.15) is 17.1 Å². The number of benzene rings is 1. The lowest BCUT2D eigenvalue weighted by Gasteiger charge is -2.09. The molecule has 0 spiro atoms. The van der Waals surface area contributed by atoms with Gasteiger partial charge in [-0.3, -0.25) is 4.79 Å². The van der Waals surface area contributed by atoms with Crippen LogP contribution in [0.25, 0.3) is 11.0 Å². The van der Waals surface area contributed by atoms with Crippen LogP contribution in [0, 0.1) is 0 Å². The average Bonchev–Trinajstić information content (AvgIpc) is 2.68. The number of alkyl halides is 3. The van der Waals surface area contributed by atoms with E-state index in [2.05, 4.69) is 4.74 Å². The van der Waals surface area contributed by atoms with E-state index in [9.17, 15) is 18.0 Å². The molecule has 0 bridgehead atoms. The Labute approximate surface area is 105 Å². The Morgan fingerprint density at radius 1 is 1.32 bits per heavy atom. The molecule has 0 aliphatic carbocycles. The number of furan rings is 1. The smallest absolute Gasteiger partial charge is 0.460 e. The normalized spacial score (nSPS) is 11.8. The fourth-order valence-electron chi connectivity index (χ4n) is 1.72. The highest BCUT2D eigenvalue weighted by atomic mass is 19.4. The standard InChI is InChI=1S/C12H9F3O4/c13-12(14,15)19-10-4-7-3-9(1-2-16)18-11(7)8(5-10)6-17/h3-6,16H,1-2H2. The van der Waals surface area contributed by atoms with Crippen LogP contribution in [0.1, 0.15) is 16.1 Å². The maximum Gasteiger partial charge on any atom is 0.573 e. The quantitative estimate of drug-likeness (QED) is 0.871. The molecule has 2 aromatic rings. The van der Waals surface area contributed by atoms with Gasteiger partial charge in [0, 0.05) is 11.8 Å². The first-order chi connectivity index (χ1) is 8.93. The lowest BCUT2D eigenvalue weighted by molar-refractivity contribution is -0.274. The average molecular weight is 274 g/mol. The minimum atomic E-state index is -4.83. The maximum atomic E-state index is 12.1. The van der Waals surface area contributed by atoms with Crippen LogP contribution in [0.5, 0.6) is 5.75 Å². The summed E-state index contributed by atoms with van der Waals surface area (Å²) in [5.41, 5.74) is 0.133. The van der Waals surface area contributed by atoms with E-state index in [1.54, 1.807) is 0 Å². The van der Waals surface area contributed by atoms with Crippen molar-refractivity contribution in [2.75, 3.05) is 6.61 Å². The zero-order valence-corrected chi connectivity index (χ0v) is 9.53. The summed E-state index contributed by atoms with van der Waals surface area (Å²) >= 11 is 0. The summed E-state index contributed by atoms with van der Waals surface area (Å²) in [5, 5.41) is 9.09. The number of halogens is 3. The fourth-order valence-corrected chi connectivity index (χ4v) is 1.72. The highest BCUT2D eigenvalue weighted by Crippen LogP contribution is 2.30. The number of ether oxygens (including phenoxy) is 1. The molecular formula is C12H9F3O4. The van der Waals surface area contributed by atoms with E-state index >= 15 is 0 Å². The second-order valence-corrected chi connectivity index (χ2v) is 3.78. The molecule has 0 fully saturated rings. The second kappa shape index (κ2) is 4.93. The van der Waals surface area contributed by atoms with Gasteiger partial charge in [-0.1, -0.05) is 0 Å². The molecule has 1 aromatic carbocycles. The molecule has 0 saturated heterocycles. The highest BCUT2D eigenvalue weighted by Gasteiger charge is 2.31. The number of fused-ring (bicyclic) bond motifs is 1. The molecule has 7 heteroatoms. The van der Waals surface area contributed by atoms with Gasteiger partial charge in [-0.05, 0) is 18.2 Å². The summed E-state index contributed by atoms with van der Waals surface area (Å²) in [6.07, 6.45) is -4.23. The Morgan fingerprint density at radius 3 is 2.63 bits per heavy atom. The first-order valence-electron chi connectivity index (χ1n) is 5.31. The van der Waals surface area contributed by atoms with Gasteiger partial charge >= 0.3 is 6.36 Å². The number of carbonyl (C=O) groups excluding carboxylic acids is 1. The SMILES string of the molecule is O=Cc1cc(OC(F)(F)F)cc2cc(CCO)oc12. The van der Waals surface area contributed by atoms with Gasteiger partial charge in [0.2, 0.25) is 0 Å². The number of carbonyl (C=O) groups is 1. The van der Waals surface area contributed by atoms with Crippen LogP contribution in [-0.4, -0.2) is 24.4 Å². The van der Waals surface area contributed by atoms with E-state index in [1.807, 2.05) is 0 Å². The summed E-state index contributed by atoms with van der Waals surface area (Å²) < 4.78 is 45.5. The molecular weight excluding hydrogens is 265 g/mol. The number of rotatable bonds is 4. The van der Waals surface area contributed by atoms with Crippen molar-refractivity contribution in [3.8, 4) is 5.75 Å². The Balaban J connectivity index is 2.49. The largest absolute Gasteiger partial charge is 0.573 e. The zero-order chi connectivity index (χ0) is 14.0. The minimum absolute atomic E-state index is 0.0408. The molecule has 0 amide bonds. The van der Waals surface area contributed by atoms with Crippen LogP contribution in [-0.2, 0) is 6.42 Å².